The molecule has 0 aliphatic heterocycles. The number of carbonyl (C=O) groups excluding carboxylic acids is 1. The third kappa shape index (κ3) is 2.94. The Bertz CT molecular complexity index is 473. The summed E-state index contributed by atoms with van der Waals surface area (Å²) in [5.74, 6) is -4.01. The van der Waals surface area contributed by atoms with Crippen molar-refractivity contribution in [2.45, 2.75) is 31.6 Å². The number of hydrogen-bond acceptors (Lipinski definition) is 1. The van der Waals surface area contributed by atoms with Crippen LogP contribution in [0, 0.1) is 11.7 Å². The molecule has 0 radical (unpaired) electrons. The summed E-state index contributed by atoms with van der Waals surface area (Å²) in [6.07, 6.45) is -0.385. The predicted molar refractivity (Wildman–Crippen MR) is 65.1 cm³/mol. The molecule has 1 fully saturated rings. The van der Waals surface area contributed by atoms with Gasteiger partial charge in [-0.3, -0.25) is 4.79 Å². The van der Waals surface area contributed by atoms with Crippen molar-refractivity contribution in [3.05, 3.63) is 34.1 Å². The minimum Gasteiger partial charge on any atom is -0.299 e. The quantitative estimate of drug-likeness (QED) is 0.818. The lowest BCUT2D eigenvalue weighted by Gasteiger charge is -2.10. The Hall–Kier alpha value is -0.840. The smallest absolute Gasteiger partial charge is 0.248 e. The zero-order chi connectivity index (χ0) is 13.3. The lowest BCUT2D eigenvalue weighted by Crippen LogP contribution is -2.17. The average molecular weight is 321 g/mol. The predicted octanol–water partition coefficient (Wildman–Crippen LogP) is 4.14. The van der Waals surface area contributed by atoms with E-state index >= 15 is 0 Å². The van der Waals surface area contributed by atoms with Crippen molar-refractivity contribution < 1.29 is 18.0 Å². The standard InChI is InChI=1S/C13H12BrF3O/c14-12-8(2-1-3-10(12)15)6-11(18)9-4-5-13(16,17)7-9/h1-3,9H,4-7H2. The SMILES string of the molecule is O=C(Cc1cccc(F)c1Br)C1CCC(F)(F)C1. The highest BCUT2D eigenvalue weighted by atomic mass is 79.9. The molecule has 5 heteroatoms. The maximum atomic E-state index is 13.3. The van der Waals surface area contributed by atoms with Crippen molar-refractivity contribution in [1.82, 2.24) is 0 Å². The highest BCUT2D eigenvalue weighted by Gasteiger charge is 2.42. The second-order valence-electron chi connectivity index (χ2n) is 4.65. The van der Waals surface area contributed by atoms with Crippen molar-refractivity contribution >= 4 is 21.7 Å². The van der Waals surface area contributed by atoms with Crippen LogP contribution >= 0.6 is 15.9 Å². The van der Waals surface area contributed by atoms with Gasteiger partial charge >= 0.3 is 0 Å². The minimum absolute atomic E-state index is 0.000903. The number of ketones is 1. The van der Waals surface area contributed by atoms with Crippen molar-refractivity contribution in [2.75, 3.05) is 0 Å². The maximum Gasteiger partial charge on any atom is 0.248 e. The molecule has 0 spiro atoms. The van der Waals surface area contributed by atoms with E-state index in [-0.39, 0.29) is 35.9 Å². The van der Waals surface area contributed by atoms with Gasteiger partial charge in [-0.1, -0.05) is 12.1 Å². The Morgan fingerprint density at radius 2 is 2.17 bits per heavy atom. The van der Waals surface area contributed by atoms with Crippen LogP contribution in [0.4, 0.5) is 13.2 Å². The van der Waals surface area contributed by atoms with E-state index < -0.39 is 17.7 Å². The van der Waals surface area contributed by atoms with Crippen LogP contribution in [0.3, 0.4) is 0 Å². The van der Waals surface area contributed by atoms with Gasteiger partial charge < -0.3 is 0 Å². The zero-order valence-electron chi connectivity index (χ0n) is 9.56. The fourth-order valence-electron chi connectivity index (χ4n) is 2.24. The summed E-state index contributed by atoms with van der Waals surface area (Å²) in [6.45, 7) is 0. The van der Waals surface area contributed by atoms with E-state index in [4.69, 9.17) is 0 Å². The van der Waals surface area contributed by atoms with E-state index in [2.05, 4.69) is 15.9 Å². The first-order chi connectivity index (χ1) is 8.39. The van der Waals surface area contributed by atoms with Crippen LogP contribution < -0.4 is 0 Å². The molecule has 0 bridgehead atoms. The lowest BCUT2D eigenvalue weighted by atomic mass is 9.96. The number of hydrogen-bond donors (Lipinski definition) is 0. The van der Waals surface area contributed by atoms with Gasteiger partial charge in [0.25, 0.3) is 0 Å². The van der Waals surface area contributed by atoms with Gasteiger partial charge in [-0.25, -0.2) is 13.2 Å². The molecule has 1 nitrogen and oxygen atoms in total. The van der Waals surface area contributed by atoms with E-state index in [1.165, 1.54) is 12.1 Å². The Morgan fingerprint density at radius 1 is 1.44 bits per heavy atom. The zero-order valence-corrected chi connectivity index (χ0v) is 11.1. The highest BCUT2D eigenvalue weighted by Crippen LogP contribution is 2.39. The van der Waals surface area contributed by atoms with E-state index in [9.17, 15) is 18.0 Å². The van der Waals surface area contributed by atoms with Crippen LogP contribution in [0.25, 0.3) is 0 Å². The molecule has 1 unspecified atom stereocenters. The second kappa shape index (κ2) is 5.03. The summed E-state index contributed by atoms with van der Waals surface area (Å²) in [6, 6.07) is 4.41. The van der Waals surface area contributed by atoms with Crippen LogP contribution in [0.2, 0.25) is 0 Å². The fraction of sp³-hybridized carbons (Fsp3) is 0.462. The summed E-state index contributed by atoms with van der Waals surface area (Å²) in [7, 11) is 0. The molecular weight excluding hydrogens is 309 g/mol. The first-order valence-electron chi connectivity index (χ1n) is 5.72. The van der Waals surface area contributed by atoms with E-state index in [0.717, 1.165) is 0 Å². The fourth-order valence-corrected chi connectivity index (χ4v) is 2.65. The largest absolute Gasteiger partial charge is 0.299 e. The molecule has 98 valence electrons. The molecule has 1 aromatic carbocycles. The van der Waals surface area contributed by atoms with Crippen molar-refractivity contribution in [1.29, 1.82) is 0 Å². The molecule has 2 rings (SSSR count). The first kappa shape index (κ1) is 13.6. The van der Waals surface area contributed by atoms with Gasteiger partial charge in [0.1, 0.15) is 11.6 Å². The molecule has 0 saturated heterocycles. The van der Waals surface area contributed by atoms with Gasteiger partial charge in [0.15, 0.2) is 0 Å². The lowest BCUT2D eigenvalue weighted by molar-refractivity contribution is -0.123. The Kier molecular flexibility index (Phi) is 3.80. The summed E-state index contributed by atoms with van der Waals surface area (Å²) in [4.78, 5) is 11.9. The van der Waals surface area contributed by atoms with Crippen LogP contribution in [-0.2, 0) is 11.2 Å². The van der Waals surface area contributed by atoms with Gasteiger partial charge in [0.2, 0.25) is 5.92 Å². The number of halogens is 4. The normalized spacial score (nSPS) is 22.1. The topological polar surface area (TPSA) is 17.1 Å². The molecule has 0 heterocycles. The van der Waals surface area contributed by atoms with Crippen molar-refractivity contribution in [2.24, 2.45) is 5.92 Å². The van der Waals surface area contributed by atoms with Crippen molar-refractivity contribution in [3.8, 4) is 0 Å². The van der Waals surface area contributed by atoms with E-state index in [1.807, 2.05) is 0 Å². The third-order valence-electron chi connectivity index (χ3n) is 3.26. The Morgan fingerprint density at radius 3 is 2.78 bits per heavy atom. The molecule has 1 aromatic rings. The Balaban J connectivity index is 2.06. The van der Waals surface area contributed by atoms with Gasteiger partial charge in [-0.2, -0.15) is 0 Å². The number of carbonyl (C=O) groups is 1. The van der Waals surface area contributed by atoms with E-state index in [1.54, 1.807) is 6.07 Å². The second-order valence-corrected chi connectivity index (χ2v) is 5.44. The minimum atomic E-state index is -2.72. The molecule has 1 atom stereocenters. The molecule has 0 N–H and O–H groups in total. The van der Waals surface area contributed by atoms with Crippen LogP contribution in [0.1, 0.15) is 24.8 Å². The van der Waals surface area contributed by atoms with Crippen LogP contribution in [0.5, 0.6) is 0 Å². The molecule has 1 saturated carbocycles. The van der Waals surface area contributed by atoms with Gasteiger partial charge in [0.05, 0.1) is 4.47 Å². The average Bonchev–Trinajstić information content (AvgIpc) is 2.65. The monoisotopic (exact) mass is 320 g/mol. The molecule has 0 aromatic heterocycles. The van der Waals surface area contributed by atoms with Crippen LogP contribution in [0.15, 0.2) is 22.7 Å². The first-order valence-corrected chi connectivity index (χ1v) is 6.52. The van der Waals surface area contributed by atoms with E-state index in [0.29, 0.717) is 5.56 Å². The molecule has 0 amide bonds. The number of Topliss-reactive ketones (excluding diaryl/α,β-unsaturated/α-hetero) is 1. The number of rotatable bonds is 3. The molecule has 1 aliphatic rings. The van der Waals surface area contributed by atoms with Gasteiger partial charge in [-0.05, 0) is 34.0 Å². The highest BCUT2D eigenvalue weighted by molar-refractivity contribution is 9.10. The molecule has 18 heavy (non-hydrogen) atoms. The third-order valence-corrected chi connectivity index (χ3v) is 4.14. The summed E-state index contributed by atoms with van der Waals surface area (Å²) in [5, 5.41) is 0. The maximum absolute atomic E-state index is 13.3. The molecular formula is C13H12BrF3O. The Labute approximate surface area is 112 Å². The summed E-state index contributed by atoms with van der Waals surface area (Å²) < 4.78 is 39.5. The summed E-state index contributed by atoms with van der Waals surface area (Å²) >= 11 is 3.06. The molecule has 1 aliphatic carbocycles. The number of benzene rings is 1. The van der Waals surface area contributed by atoms with Crippen molar-refractivity contribution in [3.63, 3.8) is 0 Å². The van der Waals surface area contributed by atoms with Gasteiger partial charge in [0, 0.05) is 25.2 Å². The summed E-state index contributed by atoms with van der Waals surface area (Å²) in [5.41, 5.74) is 0.509. The van der Waals surface area contributed by atoms with Gasteiger partial charge in [-0.15, -0.1) is 0 Å². The number of alkyl halides is 2. The van der Waals surface area contributed by atoms with Crippen LogP contribution in [-0.4, -0.2) is 11.7 Å².